The van der Waals surface area contributed by atoms with Crippen molar-refractivity contribution in [1.29, 1.82) is 0 Å². The van der Waals surface area contributed by atoms with Crippen LogP contribution >= 0.6 is 0 Å². The van der Waals surface area contributed by atoms with Crippen molar-refractivity contribution in [3.63, 3.8) is 0 Å². The third-order valence-electron chi connectivity index (χ3n) is 3.93. The van der Waals surface area contributed by atoms with E-state index in [0.29, 0.717) is 30.5 Å². The minimum Gasteiger partial charge on any atom is -0.378 e. The smallest absolute Gasteiger partial charge is 0.343 e. The van der Waals surface area contributed by atoms with Crippen molar-refractivity contribution in [2.24, 2.45) is 7.05 Å². The van der Waals surface area contributed by atoms with E-state index in [2.05, 4.69) is 25.2 Å². The second-order valence-electron chi connectivity index (χ2n) is 5.34. The highest BCUT2D eigenvalue weighted by Gasteiger charge is 2.23. The average molecular weight is 330 g/mol. The van der Waals surface area contributed by atoms with E-state index in [0.717, 1.165) is 18.9 Å². The maximum Gasteiger partial charge on any atom is 0.343 e. The molecule has 11 heteroatoms. The number of hydrogen-bond acceptors (Lipinski definition) is 8. The molecule has 11 nitrogen and oxygen atoms in total. The van der Waals surface area contributed by atoms with Gasteiger partial charge in [-0.15, -0.1) is 15.3 Å². The van der Waals surface area contributed by atoms with Crippen LogP contribution in [0, 0.1) is 10.1 Å². The molecule has 0 unspecified atom stereocenters. The lowest BCUT2D eigenvalue weighted by atomic mass is 10.4. The Labute approximate surface area is 135 Å². The topological polar surface area (TPSA) is 117 Å². The summed E-state index contributed by atoms with van der Waals surface area (Å²) in [6.45, 7) is 2.81. The number of fused-ring (bicyclic) bond motifs is 1. The number of aromatic nitrogens is 6. The van der Waals surface area contributed by atoms with Gasteiger partial charge < -0.3 is 19.8 Å². The zero-order chi connectivity index (χ0) is 16.7. The fourth-order valence-electron chi connectivity index (χ4n) is 2.66. The average Bonchev–Trinajstić information content (AvgIpc) is 3.18. The van der Waals surface area contributed by atoms with E-state index in [-0.39, 0.29) is 5.82 Å². The quantitative estimate of drug-likeness (QED) is 0.496. The van der Waals surface area contributed by atoms with E-state index in [9.17, 15) is 10.1 Å². The van der Waals surface area contributed by atoms with Crippen LogP contribution in [0.3, 0.4) is 0 Å². The third-order valence-corrected chi connectivity index (χ3v) is 3.93. The molecule has 4 rings (SSSR count). The van der Waals surface area contributed by atoms with Crippen molar-refractivity contribution in [3.05, 3.63) is 28.4 Å². The fraction of sp³-hybridized carbons (Fsp3) is 0.385. The van der Waals surface area contributed by atoms with E-state index < -0.39 is 4.92 Å². The molecule has 0 spiro atoms. The van der Waals surface area contributed by atoms with Crippen molar-refractivity contribution in [1.82, 2.24) is 29.4 Å². The monoisotopic (exact) mass is 330 g/mol. The Morgan fingerprint density at radius 1 is 1.21 bits per heavy atom. The van der Waals surface area contributed by atoms with Gasteiger partial charge in [0.2, 0.25) is 5.82 Å². The largest absolute Gasteiger partial charge is 0.378 e. The summed E-state index contributed by atoms with van der Waals surface area (Å²) in [5.74, 6) is 1.35. The summed E-state index contributed by atoms with van der Waals surface area (Å²) in [7, 11) is 1.56. The number of nitro groups is 1. The van der Waals surface area contributed by atoms with Gasteiger partial charge >= 0.3 is 5.82 Å². The summed E-state index contributed by atoms with van der Waals surface area (Å²) in [5.41, 5.74) is 0.549. The van der Waals surface area contributed by atoms with Gasteiger partial charge in [0, 0.05) is 13.1 Å². The van der Waals surface area contributed by atoms with Crippen LogP contribution in [-0.2, 0) is 11.8 Å². The molecule has 1 fully saturated rings. The number of imidazole rings is 1. The fourth-order valence-corrected chi connectivity index (χ4v) is 2.66. The van der Waals surface area contributed by atoms with E-state index in [1.165, 1.54) is 10.8 Å². The summed E-state index contributed by atoms with van der Waals surface area (Å²) >= 11 is 0. The Morgan fingerprint density at radius 3 is 2.71 bits per heavy atom. The molecule has 3 aromatic heterocycles. The molecule has 3 aromatic rings. The molecular formula is C13H14N8O3. The zero-order valence-corrected chi connectivity index (χ0v) is 12.9. The van der Waals surface area contributed by atoms with E-state index in [1.54, 1.807) is 11.6 Å². The van der Waals surface area contributed by atoms with Crippen LogP contribution in [0.15, 0.2) is 18.3 Å². The maximum absolute atomic E-state index is 11.0. The second kappa shape index (κ2) is 5.53. The molecular weight excluding hydrogens is 316 g/mol. The van der Waals surface area contributed by atoms with Gasteiger partial charge in [0.05, 0.1) is 20.3 Å². The number of ether oxygens (including phenoxy) is 1. The Balaban J connectivity index is 1.80. The molecule has 0 aliphatic carbocycles. The molecule has 0 atom stereocenters. The first-order chi connectivity index (χ1) is 11.6. The van der Waals surface area contributed by atoms with Crippen LogP contribution in [-0.4, -0.2) is 60.6 Å². The van der Waals surface area contributed by atoms with Crippen LogP contribution in [0.4, 0.5) is 11.6 Å². The molecule has 1 saturated heterocycles. The van der Waals surface area contributed by atoms with Gasteiger partial charge in [-0.05, 0) is 17.1 Å². The molecule has 0 amide bonds. The first-order valence-electron chi connectivity index (χ1n) is 7.37. The highest BCUT2D eigenvalue weighted by atomic mass is 16.6. The lowest BCUT2D eigenvalue weighted by Gasteiger charge is -2.27. The van der Waals surface area contributed by atoms with Crippen molar-refractivity contribution < 1.29 is 9.66 Å². The molecule has 124 valence electrons. The number of rotatable bonds is 3. The summed E-state index contributed by atoms with van der Waals surface area (Å²) in [6, 6.07) is 3.69. The molecule has 1 aliphatic heterocycles. The Kier molecular flexibility index (Phi) is 3.34. The molecule has 1 aliphatic rings. The number of anilines is 1. The van der Waals surface area contributed by atoms with Gasteiger partial charge in [0.15, 0.2) is 5.65 Å². The lowest BCUT2D eigenvalue weighted by molar-refractivity contribution is -0.391. The Morgan fingerprint density at radius 2 is 2.00 bits per heavy atom. The highest BCUT2D eigenvalue weighted by molar-refractivity contribution is 5.55. The number of morpholine rings is 1. The van der Waals surface area contributed by atoms with Crippen LogP contribution in [0.5, 0.6) is 0 Å². The normalized spacial score (nSPS) is 15.1. The van der Waals surface area contributed by atoms with Crippen LogP contribution in [0.25, 0.3) is 17.3 Å². The Hall–Kier alpha value is -3.08. The van der Waals surface area contributed by atoms with Gasteiger partial charge in [0.25, 0.3) is 5.82 Å². The summed E-state index contributed by atoms with van der Waals surface area (Å²) in [4.78, 5) is 16.7. The van der Waals surface area contributed by atoms with Gasteiger partial charge in [-0.25, -0.2) is 9.55 Å². The number of hydrogen-bond donors (Lipinski definition) is 0. The van der Waals surface area contributed by atoms with Gasteiger partial charge in [-0.1, -0.05) is 0 Å². The van der Waals surface area contributed by atoms with Crippen molar-refractivity contribution in [2.75, 3.05) is 31.2 Å². The van der Waals surface area contributed by atoms with E-state index in [1.807, 2.05) is 12.1 Å². The summed E-state index contributed by atoms with van der Waals surface area (Å²) in [5, 5.41) is 23.7. The van der Waals surface area contributed by atoms with Crippen LogP contribution in [0.2, 0.25) is 0 Å². The molecule has 0 bridgehead atoms. The molecule has 4 heterocycles. The summed E-state index contributed by atoms with van der Waals surface area (Å²) in [6.07, 6.45) is 1.20. The Bertz CT molecular complexity index is 911. The highest BCUT2D eigenvalue weighted by Crippen LogP contribution is 2.22. The third kappa shape index (κ3) is 2.25. The number of nitrogens with zero attached hydrogens (tertiary/aromatic N) is 8. The maximum atomic E-state index is 11.0. The predicted molar refractivity (Wildman–Crippen MR) is 82.7 cm³/mol. The van der Waals surface area contributed by atoms with Crippen molar-refractivity contribution in [3.8, 4) is 11.6 Å². The molecule has 0 radical (unpaired) electrons. The zero-order valence-electron chi connectivity index (χ0n) is 12.9. The first kappa shape index (κ1) is 14.5. The van der Waals surface area contributed by atoms with Gasteiger partial charge in [-0.3, -0.25) is 0 Å². The van der Waals surface area contributed by atoms with Crippen molar-refractivity contribution >= 4 is 17.3 Å². The minimum absolute atomic E-state index is 0.119. The lowest BCUT2D eigenvalue weighted by Crippen LogP contribution is -2.37. The van der Waals surface area contributed by atoms with Crippen molar-refractivity contribution in [2.45, 2.75) is 0 Å². The molecule has 0 N–H and O–H groups in total. The minimum atomic E-state index is -0.494. The van der Waals surface area contributed by atoms with Crippen LogP contribution < -0.4 is 4.90 Å². The van der Waals surface area contributed by atoms with Crippen LogP contribution in [0.1, 0.15) is 0 Å². The SMILES string of the molecule is Cn1c([N+](=O)[O-])cnc1-c1nnc2ccc(N3CCOCC3)nn12. The predicted octanol–water partition coefficient (Wildman–Crippen LogP) is 0.270. The second-order valence-corrected chi connectivity index (χ2v) is 5.34. The van der Waals surface area contributed by atoms with E-state index in [4.69, 9.17) is 4.74 Å². The molecule has 0 saturated carbocycles. The molecule has 24 heavy (non-hydrogen) atoms. The standard InChI is InChI=1S/C13H14N8O3/c1-18-11(21(22)23)8-14-12(18)13-16-15-9-2-3-10(17-20(9)13)19-4-6-24-7-5-19/h2-3,8H,4-7H2,1H3. The van der Waals surface area contributed by atoms with Gasteiger partial charge in [-0.2, -0.15) is 4.52 Å². The van der Waals surface area contributed by atoms with E-state index >= 15 is 0 Å². The summed E-state index contributed by atoms with van der Waals surface area (Å²) < 4.78 is 8.26. The molecule has 0 aromatic carbocycles. The first-order valence-corrected chi connectivity index (χ1v) is 7.37. The van der Waals surface area contributed by atoms with Gasteiger partial charge in [0.1, 0.15) is 12.0 Å².